The summed E-state index contributed by atoms with van der Waals surface area (Å²) < 4.78 is 5.04. The van der Waals surface area contributed by atoms with Crippen molar-refractivity contribution in [3.8, 4) is 0 Å². The molecule has 0 unspecified atom stereocenters. The van der Waals surface area contributed by atoms with Crippen molar-refractivity contribution in [2.75, 3.05) is 13.2 Å². The van der Waals surface area contributed by atoms with E-state index in [9.17, 15) is 24.0 Å². The molecule has 5 atom stereocenters. The number of ketones is 1. The van der Waals surface area contributed by atoms with Crippen LogP contribution in [0.1, 0.15) is 77.2 Å². The van der Waals surface area contributed by atoms with Gasteiger partial charge in [0.2, 0.25) is 23.6 Å². The number of piperidine rings is 1. The first-order valence-electron chi connectivity index (χ1n) is 15.1. The number of carbonyl (C=O) groups is 5. The zero-order valence-electron chi connectivity index (χ0n) is 24.2. The summed E-state index contributed by atoms with van der Waals surface area (Å²) >= 11 is 0. The number of fused-ring (bicyclic) bond motifs is 1. The quantitative estimate of drug-likeness (QED) is 0.276. The summed E-state index contributed by atoms with van der Waals surface area (Å²) in [5, 5.41) is 8.74. The van der Waals surface area contributed by atoms with Crippen molar-refractivity contribution in [1.29, 1.82) is 0 Å². The maximum atomic E-state index is 13.8. The fraction of sp³-hybridized carbons (Fsp3) is 0.645. The lowest BCUT2D eigenvalue weighted by Crippen LogP contribution is -2.63. The third-order valence-corrected chi connectivity index (χ3v) is 8.07. The van der Waals surface area contributed by atoms with Gasteiger partial charge in [0.05, 0.1) is 6.61 Å². The molecule has 3 aliphatic heterocycles. The molecule has 0 spiro atoms. The summed E-state index contributed by atoms with van der Waals surface area (Å²) in [7, 11) is 0. The molecule has 4 amide bonds. The van der Waals surface area contributed by atoms with Gasteiger partial charge in [-0.05, 0) is 50.0 Å². The van der Waals surface area contributed by atoms with Crippen LogP contribution in [0, 0.1) is 5.92 Å². The highest BCUT2D eigenvalue weighted by molar-refractivity contribution is 5.97. The Hall–Kier alpha value is -3.27. The van der Waals surface area contributed by atoms with Gasteiger partial charge in [-0.3, -0.25) is 24.0 Å². The molecule has 224 valence electrons. The van der Waals surface area contributed by atoms with Gasteiger partial charge in [0.25, 0.3) is 0 Å². The van der Waals surface area contributed by atoms with Gasteiger partial charge in [0.1, 0.15) is 30.3 Å². The van der Waals surface area contributed by atoms with Crippen LogP contribution in [0.4, 0.5) is 0 Å². The van der Waals surface area contributed by atoms with E-state index in [2.05, 4.69) is 16.0 Å². The first-order chi connectivity index (χ1) is 19.7. The van der Waals surface area contributed by atoms with Gasteiger partial charge in [-0.15, -0.1) is 0 Å². The van der Waals surface area contributed by atoms with Crippen molar-refractivity contribution in [3.63, 3.8) is 0 Å². The number of nitrogens with one attached hydrogen (secondary N) is 3. The van der Waals surface area contributed by atoms with Crippen LogP contribution in [-0.2, 0) is 35.1 Å². The third-order valence-electron chi connectivity index (χ3n) is 8.07. The number of hydrogen-bond acceptors (Lipinski definition) is 6. The zero-order chi connectivity index (χ0) is 29.4. The van der Waals surface area contributed by atoms with Crippen molar-refractivity contribution in [1.82, 2.24) is 20.9 Å². The lowest BCUT2D eigenvalue weighted by atomic mass is 9.95. The van der Waals surface area contributed by atoms with Gasteiger partial charge in [-0.2, -0.15) is 0 Å². The highest BCUT2D eigenvalue weighted by atomic mass is 16.6. The van der Waals surface area contributed by atoms with Gasteiger partial charge >= 0.3 is 0 Å². The summed E-state index contributed by atoms with van der Waals surface area (Å²) in [5.74, 6) is -1.19. The summed E-state index contributed by atoms with van der Waals surface area (Å²) in [6, 6.07) is 6.14. The summed E-state index contributed by atoms with van der Waals surface area (Å²) in [6.07, 6.45) is 5.34. The number of amides is 4. The average molecular weight is 569 g/mol. The van der Waals surface area contributed by atoms with Gasteiger partial charge in [0.15, 0.2) is 5.78 Å². The minimum atomic E-state index is -0.917. The molecule has 3 saturated heterocycles. The Labute approximate surface area is 242 Å². The number of rotatable bonds is 11. The highest BCUT2D eigenvalue weighted by Crippen LogP contribution is 2.22. The monoisotopic (exact) mass is 568 g/mol. The van der Waals surface area contributed by atoms with Crippen LogP contribution in [0.2, 0.25) is 0 Å². The molecule has 0 radical (unpaired) electrons. The molecule has 3 N–H and O–H groups in total. The predicted octanol–water partition coefficient (Wildman–Crippen LogP) is 2.04. The number of Topliss-reactive ketones (excluding diaryl/α,β-unsaturated/α-hetero) is 1. The second kappa shape index (κ2) is 14.6. The van der Waals surface area contributed by atoms with Crippen LogP contribution in [0.3, 0.4) is 0 Å². The highest BCUT2D eigenvalue weighted by Gasteiger charge is 2.39. The Bertz CT molecular complexity index is 1090. The first kappa shape index (κ1) is 30.7. The molecule has 10 heteroatoms. The van der Waals surface area contributed by atoms with Crippen LogP contribution in [-0.4, -0.2) is 77.7 Å². The van der Waals surface area contributed by atoms with E-state index in [1.807, 2.05) is 44.2 Å². The zero-order valence-corrected chi connectivity index (χ0v) is 24.2. The Kier molecular flexibility index (Phi) is 10.9. The topological polar surface area (TPSA) is 137 Å². The standard InChI is InChI=1S/C31H44N4O6/c1-20(2)17-24-31(40)35-16-10-9-14-25(35)30(39)32-22(13-7-4-8-15-26(36)27-19-41-27)28(37)33-23(29(38)34-24)18-21-11-5-3-6-12-21/h3,5-6,11-12,20,22-25,27H,4,7-10,13-19H2,1-2H3,(H,32,39)(H,33,37)(H,34,38)/t22-,23-,24+,25+,27-/m1/s1. The lowest BCUT2D eigenvalue weighted by molar-refractivity contribution is -0.147. The summed E-state index contributed by atoms with van der Waals surface area (Å²) in [6.45, 7) is 4.91. The maximum Gasteiger partial charge on any atom is 0.245 e. The molecule has 1 aromatic rings. The van der Waals surface area contributed by atoms with Gasteiger partial charge < -0.3 is 25.6 Å². The van der Waals surface area contributed by atoms with E-state index >= 15 is 0 Å². The molecule has 1 aromatic carbocycles. The molecule has 0 bridgehead atoms. The van der Waals surface area contributed by atoms with Crippen LogP contribution < -0.4 is 16.0 Å². The van der Waals surface area contributed by atoms with Crippen molar-refractivity contribution >= 4 is 29.4 Å². The SMILES string of the molecule is CC(C)C[C@@H]1NC(=O)[C@@H](Cc2ccccc2)NC(=O)[C@@H](CCCCCC(=O)[C@H]2CO2)NC(=O)[C@@H]2CCCCN2C1=O. The van der Waals surface area contributed by atoms with E-state index in [0.29, 0.717) is 51.7 Å². The minimum absolute atomic E-state index is 0.106. The number of carbonyl (C=O) groups excluding carboxylic acids is 5. The number of unbranched alkanes of at least 4 members (excludes halogenated alkanes) is 2. The molecule has 3 fully saturated rings. The largest absolute Gasteiger partial charge is 0.365 e. The number of hydrogen-bond donors (Lipinski definition) is 3. The molecular formula is C31H44N4O6. The van der Waals surface area contributed by atoms with Crippen LogP contribution in [0.15, 0.2) is 30.3 Å². The van der Waals surface area contributed by atoms with E-state index in [1.165, 1.54) is 0 Å². The minimum Gasteiger partial charge on any atom is -0.365 e. The molecule has 41 heavy (non-hydrogen) atoms. The van der Waals surface area contributed by atoms with Crippen molar-refractivity contribution in [3.05, 3.63) is 35.9 Å². The molecule has 3 aliphatic rings. The van der Waals surface area contributed by atoms with Gasteiger partial charge in [-0.25, -0.2) is 0 Å². The van der Waals surface area contributed by atoms with Crippen LogP contribution >= 0.6 is 0 Å². The van der Waals surface area contributed by atoms with Crippen molar-refractivity contribution < 1.29 is 28.7 Å². The second-order valence-corrected chi connectivity index (χ2v) is 11.9. The van der Waals surface area contributed by atoms with E-state index in [-0.39, 0.29) is 36.0 Å². The van der Waals surface area contributed by atoms with E-state index in [1.54, 1.807) is 4.90 Å². The number of benzene rings is 1. The van der Waals surface area contributed by atoms with E-state index in [4.69, 9.17) is 4.74 Å². The van der Waals surface area contributed by atoms with Gasteiger partial charge in [-0.1, -0.05) is 57.0 Å². The second-order valence-electron chi connectivity index (χ2n) is 11.9. The van der Waals surface area contributed by atoms with E-state index < -0.39 is 36.0 Å². The summed E-state index contributed by atoms with van der Waals surface area (Å²) in [5.41, 5.74) is 0.868. The summed E-state index contributed by atoms with van der Waals surface area (Å²) in [4.78, 5) is 68.1. The van der Waals surface area contributed by atoms with Crippen molar-refractivity contribution in [2.45, 2.75) is 108 Å². The smallest absolute Gasteiger partial charge is 0.245 e. The Morgan fingerprint density at radius 3 is 2.29 bits per heavy atom. The fourth-order valence-electron chi connectivity index (χ4n) is 5.72. The van der Waals surface area contributed by atoms with E-state index in [0.717, 1.165) is 24.8 Å². The molecule has 0 saturated carbocycles. The fourth-order valence-corrected chi connectivity index (χ4v) is 5.72. The third kappa shape index (κ3) is 8.86. The van der Waals surface area contributed by atoms with Crippen LogP contribution in [0.5, 0.6) is 0 Å². The number of ether oxygens (including phenoxy) is 1. The molecule has 0 aromatic heterocycles. The average Bonchev–Trinajstić information content (AvgIpc) is 3.81. The molecule has 3 heterocycles. The molecule has 0 aliphatic carbocycles. The lowest BCUT2D eigenvalue weighted by Gasteiger charge is -2.39. The van der Waals surface area contributed by atoms with Gasteiger partial charge in [0, 0.05) is 19.4 Å². The number of nitrogens with zero attached hydrogens (tertiary/aromatic N) is 1. The number of epoxide rings is 1. The molecular weight excluding hydrogens is 524 g/mol. The Morgan fingerprint density at radius 2 is 1.59 bits per heavy atom. The normalized spacial score (nSPS) is 27.2. The Balaban J connectivity index is 1.54. The Morgan fingerprint density at radius 1 is 0.902 bits per heavy atom. The molecule has 10 nitrogen and oxygen atoms in total. The van der Waals surface area contributed by atoms with Crippen molar-refractivity contribution in [2.24, 2.45) is 5.92 Å². The van der Waals surface area contributed by atoms with Crippen LogP contribution in [0.25, 0.3) is 0 Å². The molecule has 4 rings (SSSR count). The first-order valence-corrected chi connectivity index (χ1v) is 15.1. The maximum absolute atomic E-state index is 13.8. The predicted molar refractivity (Wildman–Crippen MR) is 153 cm³/mol.